The van der Waals surface area contributed by atoms with E-state index in [-0.39, 0.29) is 18.4 Å². The number of piperidine rings is 1. The number of ether oxygens (including phenoxy) is 1. The molecular formula is C13H23N3O4. The summed E-state index contributed by atoms with van der Waals surface area (Å²) >= 11 is 0. The van der Waals surface area contributed by atoms with Gasteiger partial charge in [-0.15, -0.1) is 0 Å². The van der Waals surface area contributed by atoms with Gasteiger partial charge >= 0.3 is 6.03 Å². The lowest BCUT2D eigenvalue weighted by Gasteiger charge is -2.38. The first-order valence-electron chi connectivity index (χ1n) is 7.11. The molecule has 0 spiro atoms. The third-order valence-electron chi connectivity index (χ3n) is 4.24. The Bertz CT molecular complexity index is 369. The number of amides is 3. The van der Waals surface area contributed by atoms with E-state index in [1.54, 1.807) is 0 Å². The zero-order valence-corrected chi connectivity index (χ0v) is 11.6. The smallest absolute Gasteiger partial charge is 0.314 e. The lowest BCUT2D eigenvalue weighted by molar-refractivity contribution is -0.130. The number of carbonyl (C=O) groups is 2. The lowest BCUT2D eigenvalue weighted by Crippen LogP contribution is -2.57. The molecule has 2 heterocycles. The fourth-order valence-corrected chi connectivity index (χ4v) is 2.84. The number of nitrogens with two attached hydrogens (primary N) is 1. The largest absolute Gasteiger partial charge is 0.394 e. The predicted octanol–water partition coefficient (Wildman–Crippen LogP) is -0.565. The van der Waals surface area contributed by atoms with E-state index in [2.05, 4.69) is 5.32 Å². The highest BCUT2D eigenvalue weighted by atomic mass is 16.5. The van der Waals surface area contributed by atoms with Gasteiger partial charge in [0.25, 0.3) is 0 Å². The minimum absolute atomic E-state index is 0.0889. The van der Waals surface area contributed by atoms with Crippen LogP contribution < -0.4 is 11.1 Å². The normalized spacial score (nSPS) is 26.1. The van der Waals surface area contributed by atoms with Crippen molar-refractivity contribution in [3.05, 3.63) is 0 Å². The second-order valence-electron chi connectivity index (χ2n) is 5.66. The molecule has 4 N–H and O–H groups in total. The first-order chi connectivity index (χ1) is 9.56. The van der Waals surface area contributed by atoms with Crippen molar-refractivity contribution in [2.24, 2.45) is 11.7 Å². The van der Waals surface area contributed by atoms with Gasteiger partial charge < -0.3 is 25.8 Å². The van der Waals surface area contributed by atoms with Crippen LogP contribution in [0.1, 0.15) is 25.7 Å². The highest BCUT2D eigenvalue weighted by Crippen LogP contribution is 2.23. The molecule has 1 atom stereocenters. The molecule has 7 nitrogen and oxygen atoms in total. The summed E-state index contributed by atoms with van der Waals surface area (Å²) in [5.74, 6) is -0.352. The molecule has 20 heavy (non-hydrogen) atoms. The Morgan fingerprint density at radius 1 is 1.40 bits per heavy atom. The van der Waals surface area contributed by atoms with Crippen molar-refractivity contribution in [3.63, 3.8) is 0 Å². The maximum absolute atomic E-state index is 12.4. The van der Waals surface area contributed by atoms with Gasteiger partial charge in [-0.2, -0.15) is 0 Å². The van der Waals surface area contributed by atoms with Crippen molar-refractivity contribution in [2.45, 2.75) is 31.2 Å². The molecule has 1 unspecified atom stereocenters. The van der Waals surface area contributed by atoms with Crippen molar-refractivity contribution in [3.8, 4) is 0 Å². The Labute approximate surface area is 118 Å². The topological polar surface area (TPSA) is 105 Å². The Hall–Kier alpha value is -1.34. The number of hydrogen-bond donors (Lipinski definition) is 3. The van der Waals surface area contributed by atoms with Gasteiger partial charge in [0.1, 0.15) is 0 Å². The molecule has 0 aromatic carbocycles. The Kier molecular flexibility index (Phi) is 4.82. The van der Waals surface area contributed by atoms with Crippen LogP contribution >= 0.6 is 0 Å². The third-order valence-corrected chi connectivity index (χ3v) is 4.24. The second kappa shape index (κ2) is 6.41. The summed E-state index contributed by atoms with van der Waals surface area (Å²) in [7, 11) is 0. The quantitative estimate of drug-likeness (QED) is 0.646. The van der Waals surface area contributed by atoms with E-state index in [0.29, 0.717) is 39.1 Å². The van der Waals surface area contributed by atoms with Gasteiger partial charge in [-0.3, -0.25) is 4.79 Å². The molecule has 0 aliphatic carbocycles. The Morgan fingerprint density at radius 2 is 2.10 bits per heavy atom. The van der Waals surface area contributed by atoms with Crippen LogP contribution in [-0.2, 0) is 9.53 Å². The highest BCUT2D eigenvalue weighted by molar-refractivity contribution is 5.81. The molecular weight excluding hydrogens is 262 g/mol. The fourth-order valence-electron chi connectivity index (χ4n) is 2.84. The van der Waals surface area contributed by atoms with E-state index in [9.17, 15) is 14.7 Å². The van der Waals surface area contributed by atoms with Crippen molar-refractivity contribution >= 4 is 11.9 Å². The van der Waals surface area contributed by atoms with Crippen molar-refractivity contribution in [2.75, 3.05) is 32.9 Å². The summed E-state index contributed by atoms with van der Waals surface area (Å²) in [5, 5.41) is 12.5. The molecule has 7 heteroatoms. The van der Waals surface area contributed by atoms with Crippen LogP contribution in [0.25, 0.3) is 0 Å². The van der Waals surface area contributed by atoms with E-state index >= 15 is 0 Å². The third kappa shape index (κ3) is 3.40. The molecule has 114 valence electrons. The van der Waals surface area contributed by atoms with E-state index in [0.717, 1.165) is 12.8 Å². The number of urea groups is 1. The SMILES string of the molecule is NC(=O)N1CCCC(C(=O)NC2(CO)CCOCC2)C1. The van der Waals surface area contributed by atoms with Crippen LogP contribution in [0.3, 0.4) is 0 Å². The molecule has 2 saturated heterocycles. The fraction of sp³-hybridized carbons (Fsp3) is 0.846. The minimum Gasteiger partial charge on any atom is -0.394 e. The van der Waals surface area contributed by atoms with Crippen LogP contribution in [-0.4, -0.2) is 60.4 Å². The number of rotatable bonds is 3. The Balaban J connectivity index is 1.94. The first kappa shape index (κ1) is 15.1. The molecule has 0 aromatic heterocycles. The van der Waals surface area contributed by atoms with Crippen LogP contribution in [0, 0.1) is 5.92 Å². The summed E-state index contributed by atoms with van der Waals surface area (Å²) in [6, 6.07) is -0.481. The molecule has 2 fully saturated rings. The molecule has 2 aliphatic rings. The number of primary amides is 1. The number of carbonyl (C=O) groups excluding carboxylic acids is 2. The zero-order valence-electron chi connectivity index (χ0n) is 11.6. The van der Waals surface area contributed by atoms with Crippen molar-refractivity contribution < 1.29 is 19.4 Å². The molecule has 2 rings (SSSR count). The van der Waals surface area contributed by atoms with Crippen LogP contribution in [0.4, 0.5) is 4.79 Å². The average molecular weight is 285 g/mol. The van der Waals surface area contributed by atoms with Gasteiger partial charge in [-0.05, 0) is 25.7 Å². The summed E-state index contributed by atoms with van der Waals surface area (Å²) in [5.41, 5.74) is 4.69. The van der Waals surface area contributed by atoms with Crippen LogP contribution in [0.5, 0.6) is 0 Å². The number of aliphatic hydroxyl groups excluding tert-OH is 1. The predicted molar refractivity (Wildman–Crippen MR) is 71.9 cm³/mol. The number of nitrogens with zero attached hydrogens (tertiary/aromatic N) is 1. The van der Waals surface area contributed by atoms with Crippen LogP contribution in [0.2, 0.25) is 0 Å². The van der Waals surface area contributed by atoms with Crippen molar-refractivity contribution in [1.82, 2.24) is 10.2 Å². The van der Waals surface area contributed by atoms with E-state index in [1.807, 2.05) is 0 Å². The molecule has 0 saturated carbocycles. The van der Waals surface area contributed by atoms with Gasteiger partial charge in [-0.25, -0.2) is 4.79 Å². The number of aliphatic hydroxyl groups is 1. The number of hydrogen-bond acceptors (Lipinski definition) is 4. The zero-order chi connectivity index (χ0) is 14.6. The van der Waals surface area contributed by atoms with Gasteiger partial charge in [0, 0.05) is 26.3 Å². The lowest BCUT2D eigenvalue weighted by atomic mass is 9.89. The second-order valence-corrected chi connectivity index (χ2v) is 5.66. The maximum atomic E-state index is 12.4. The minimum atomic E-state index is -0.579. The average Bonchev–Trinajstić information content (AvgIpc) is 2.48. The van der Waals surface area contributed by atoms with E-state index in [4.69, 9.17) is 10.5 Å². The van der Waals surface area contributed by atoms with Crippen molar-refractivity contribution in [1.29, 1.82) is 0 Å². The molecule has 0 aromatic rings. The summed E-state index contributed by atoms with van der Waals surface area (Å²) in [4.78, 5) is 25.1. The first-order valence-corrected chi connectivity index (χ1v) is 7.11. The summed E-state index contributed by atoms with van der Waals surface area (Å²) in [6.45, 7) is 1.96. The molecule has 3 amide bonds. The molecule has 0 radical (unpaired) electrons. The van der Waals surface area contributed by atoms with Crippen LogP contribution in [0.15, 0.2) is 0 Å². The van der Waals surface area contributed by atoms with Gasteiger partial charge in [0.05, 0.1) is 18.1 Å². The number of likely N-dealkylation sites (tertiary alicyclic amines) is 1. The summed E-state index contributed by atoms with van der Waals surface area (Å²) < 4.78 is 5.27. The Morgan fingerprint density at radius 3 is 2.70 bits per heavy atom. The standard InChI is InChI=1S/C13H23N3O4/c14-12(19)16-5-1-2-10(8-16)11(18)15-13(9-17)3-6-20-7-4-13/h10,17H,1-9H2,(H2,14,19)(H,15,18). The van der Waals surface area contributed by atoms with Gasteiger partial charge in [-0.1, -0.05) is 0 Å². The highest BCUT2D eigenvalue weighted by Gasteiger charge is 2.36. The van der Waals surface area contributed by atoms with E-state index < -0.39 is 11.6 Å². The summed E-state index contributed by atoms with van der Waals surface area (Å²) in [6.07, 6.45) is 2.74. The maximum Gasteiger partial charge on any atom is 0.314 e. The molecule has 0 bridgehead atoms. The monoisotopic (exact) mass is 285 g/mol. The van der Waals surface area contributed by atoms with Gasteiger partial charge in [0.2, 0.25) is 5.91 Å². The molecule has 2 aliphatic heterocycles. The van der Waals surface area contributed by atoms with Gasteiger partial charge in [0.15, 0.2) is 0 Å². The van der Waals surface area contributed by atoms with E-state index in [1.165, 1.54) is 4.90 Å². The number of nitrogens with one attached hydrogen (secondary N) is 1.